The van der Waals surface area contributed by atoms with Crippen molar-refractivity contribution in [2.75, 3.05) is 6.61 Å². The van der Waals surface area contributed by atoms with Gasteiger partial charge in [-0.05, 0) is 42.2 Å². The Hall–Kier alpha value is -1.79. The number of carbonyl (C=O) groups excluding carboxylic acids is 1. The molecular formula is C15H17F3N2O2. The highest BCUT2D eigenvalue weighted by Crippen LogP contribution is 2.66. The molecule has 22 heavy (non-hydrogen) atoms. The second-order valence-electron chi connectivity index (χ2n) is 6.34. The first-order valence-corrected chi connectivity index (χ1v) is 7.25. The van der Waals surface area contributed by atoms with Crippen molar-refractivity contribution in [3.05, 3.63) is 23.9 Å². The fraction of sp³-hybridized carbons (Fsp3) is 0.600. The molecule has 0 atom stereocenters. The van der Waals surface area contributed by atoms with Crippen LogP contribution >= 0.6 is 0 Å². The molecule has 1 amide bonds. The summed E-state index contributed by atoms with van der Waals surface area (Å²) < 4.78 is 40.8. The van der Waals surface area contributed by atoms with Crippen molar-refractivity contribution >= 4 is 5.91 Å². The number of aromatic nitrogens is 1. The highest BCUT2D eigenvalue weighted by molar-refractivity contribution is 5.77. The molecule has 3 fully saturated rings. The molecule has 1 aromatic heterocycles. The fourth-order valence-electron chi connectivity index (χ4n) is 3.27. The van der Waals surface area contributed by atoms with Crippen molar-refractivity contribution in [1.82, 2.24) is 10.3 Å². The molecule has 4 rings (SSSR count). The average molecular weight is 314 g/mol. The number of alkyl halides is 3. The van der Waals surface area contributed by atoms with Gasteiger partial charge in [0.2, 0.25) is 11.8 Å². The Morgan fingerprint density at radius 2 is 2.14 bits per heavy atom. The Labute approximate surface area is 126 Å². The van der Waals surface area contributed by atoms with Gasteiger partial charge in [-0.3, -0.25) is 4.79 Å². The van der Waals surface area contributed by atoms with E-state index in [4.69, 9.17) is 0 Å². The minimum atomic E-state index is -4.39. The number of nitrogens with zero attached hydrogens (tertiary/aromatic N) is 1. The lowest BCUT2D eigenvalue weighted by Gasteiger charge is -2.61. The van der Waals surface area contributed by atoms with Gasteiger partial charge in [-0.1, -0.05) is 0 Å². The van der Waals surface area contributed by atoms with Crippen LogP contribution in [-0.2, 0) is 11.3 Å². The molecule has 0 aromatic carbocycles. The van der Waals surface area contributed by atoms with E-state index in [0.29, 0.717) is 12.0 Å². The molecule has 4 nitrogen and oxygen atoms in total. The van der Waals surface area contributed by atoms with Crippen molar-refractivity contribution < 1.29 is 22.7 Å². The zero-order chi connectivity index (χ0) is 15.8. The number of pyridine rings is 1. The summed E-state index contributed by atoms with van der Waals surface area (Å²) in [5.74, 6) is 0.734. The van der Waals surface area contributed by atoms with E-state index < -0.39 is 12.8 Å². The number of hydrogen-bond acceptors (Lipinski definition) is 3. The van der Waals surface area contributed by atoms with Crippen LogP contribution in [0.15, 0.2) is 18.3 Å². The number of rotatable bonds is 6. The van der Waals surface area contributed by atoms with Crippen LogP contribution in [-0.4, -0.2) is 23.7 Å². The van der Waals surface area contributed by atoms with Crippen LogP contribution in [0.1, 0.15) is 31.2 Å². The molecule has 0 spiro atoms. The Kier molecular flexibility index (Phi) is 3.74. The molecular weight excluding hydrogens is 297 g/mol. The topological polar surface area (TPSA) is 51.2 Å². The molecule has 0 saturated heterocycles. The number of carbonyl (C=O) groups is 1. The van der Waals surface area contributed by atoms with Gasteiger partial charge in [-0.2, -0.15) is 13.2 Å². The lowest BCUT2D eigenvalue weighted by Crippen LogP contribution is -2.53. The highest BCUT2D eigenvalue weighted by Gasteiger charge is 2.56. The number of amides is 1. The molecule has 1 heterocycles. The van der Waals surface area contributed by atoms with Crippen LogP contribution in [0.3, 0.4) is 0 Å². The zero-order valence-electron chi connectivity index (χ0n) is 11.9. The van der Waals surface area contributed by atoms with E-state index in [0.717, 1.165) is 25.2 Å². The van der Waals surface area contributed by atoms with Gasteiger partial charge in [0.1, 0.15) is 0 Å². The van der Waals surface area contributed by atoms with E-state index in [1.54, 1.807) is 6.07 Å². The second-order valence-corrected chi connectivity index (χ2v) is 6.34. The Morgan fingerprint density at radius 3 is 2.73 bits per heavy atom. The molecule has 3 saturated carbocycles. The first-order valence-electron chi connectivity index (χ1n) is 7.25. The van der Waals surface area contributed by atoms with E-state index in [9.17, 15) is 18.0 Å². The van der Waals surface area contributed by atoms with Crippen LogP contribution in [0.25, 0.3) is 0 Å². The van der Waals surface area contributed by atoms with Crippen LogP contribution in [0.4, 0.5) is 13.2 Å². The third-order valence-electron chi connectivity index (χ3n) is 4.37. The molecule has 2 bridgehead atoms. The van der Waals surface area contributed by atoms with Gasteiger partial charge in [0.25, 0.3) is 0 Å². The maximum absolute atomic E-state index is 12.1. The van der Waals surface area contributed by atoms with Gasteiger partial charge < -0.3 is 10.1 Å². The number of hydrogen-bond donors (Lipinski definition) is 1. The molecule has 0 radical (unpaired) electrons. The predicted octanol–water partition coefficient (Wildman–Crippen LogP) is 2.83. The van der Waals surface area contributed by atoms with Crippen molar-refractivity contribution in [1.29, 1.82) is 0 Å². The maximum atomic E-state index is 12.1. The number of halogens is 3. The Morgan fingerprint density at radius 1 is 1.41 bits per heavy atom. The van der Waals surface area contributed by atoms with E-state index in [1.807, 2.05) is 0 Å². The van der Waals surface area contributed by atoms with E-state index in [2.05, 4.69) is 15.0 Å². The Balaban J connectivity index is 1.46. The maximum Gasteiger partial charge on any atom is 0.422 e. The molecule has 0 aliphatic heterocycles. The SMILES string of the molecule is O=C(CC12CC(C1)C2)NCc1ccnc(OCC(F)(F)F)c1. The number of ether oxygens (including phenoxy) is 1. The predicted molar refractivity (Wildman–Crippen MR) is 72.0 cm³/mol. The summed E-state index contributed by atoms with van der Waals surface area (Å²) in [5, 5.41) is 2.80. The van der Waals surface area contributed by atoms with Gasteiger partial charge in [-0.15, -0.1) is 0 Å². The van der Waals surface area contributed by atoms with Gasteiger partial charge in [-0.25, -0.2) is 4.98 Å². The summed E-state index contributed by atoms with van der Waals surface area (Å²) in [6.07, 6.45) is 0.996. The van der Waals surface area contributed by atoms with Gasteiger partial charge in [0.05, 0.1) is 0 Å². The normalized spacial score (nSPS) is 25.9. The molecule has 3 aliphatic carbocycles. The molecule has 1 N–H and O–H groups in total. The first-order chi connectivity index (χ1) is 10.3. The van der Waals surface area contributed by atoms with Gasteiger partial charge in [0, 0.05) is 25.2 Å². The minimum absolute atomic E-state index is 0.00674. The fourth-order valence-corrected chi connectivity index (χ4v) is 3.27. The third-order valence-corrected chi connectivity index (χ3v) is 4.37. The van der Waals surface area contributed by atoms with Gasteiger partial charge in [0.15, 0.2) is 6.61 Å². The average Bonchev–Trinajstić information content (AvgIpc) is 2.37. The van der Waals surface area contributed by atoms with Crippen LogP contribution in [0.2, 0.25) is 0 Å². The summed E-state index contributed by atoms with van der Waals surface area (Å²) in [6.45, 7) is -1.11. The second kappa shape index (κ2) is 5.44. The standard InChI is InChI=1S/C15H17F3N2O2/c16-15(17,18)9-22-13-3-10(1-2-19-13)8-20-12(21)7-14-4-11(5-14)6-14/h1-3,11H,4-9H2,(H,20,21). The largest absolute Gasteiger partial charge is 0.468 e. The third kappa shape index (κ3) is 3.51. The molecule has 7 heteroatoms. The van der Waals surface area contributed by atoms with Crippen molar-refractivity contribution in [2.24, 2.45) is 11.3 Å². The molecule has 1 aromatic rings. The van der Waals surface area contributed by atoms with Crippen molar-refractivity contribution in [3.8, 4) is 5.88 Å². The summed E-state index contributed by atoms with van der Waals surface area (Å²) in [4.78, 5) is 15.6. The quantitative estimate of drug-likeness (QED) is 0.878. The summed E-state index contributed by atoms with van der Waals surface area (Å²) >= 11 is 0. The summed E-state index contributed by atoms with van der Waals surface area (Å²) in [6, 6.07) is 3.05. The van der Waals surface area contributed by atoms with E-state index >= 15 is 0 Å². The molecule has 3 aliphatic rings. The summed E-state index contributed by atoms with van der Waals surface area (Å²) in [7, 11) is 0. The van der Waals surface area contributed by atoms with Crippen LogP contribution in [0, 0.1) is 11.3 Å². The van der Waals surface area contributed by atoms with Crippen molar-refractivity contribution in [2.45, 2.75) is 38.4 Å². The molecule has 0 unspecified atom stereocenters. The lowest BCUT2D eigenvalue weighted by molar-refractivity contribution is -0.154. The lowest BCUT2D eigenvalue weighted by atomic mass is 9.43. The van der Waals surface area contributed by atoms with Crippen LogP contribution < -0.4 is 10.1 Å². The van der Waals surface area contributed by atoms with Crippen LogP contribution in [0.5, 0.6) is 5.88 Å². The van der Waals surface area contributed by atoms with E-state index in [-0.39, 0.29) is 23.7 Å². The van der Waals surface area contributed by atoms with Gasteiger partial charge >= 0.3 is 6.18 Å². The smallest absolute Gasteiger partial charge is 0.422 e. The monoisotopic (exact) mass is 314 g/mol. The van der Waals surface area contributed by atoms with Crippen molar-refractivity contribution in [3.63, 3.8) is 0 Å². The summed E-state index contributed by atoms with van der Waals surface area (Å²) in [5.41, 5.74) is 0.909. The zero-order valence-corrected chi connectivity index (χ0v) is 11.9. The highest BCUT2D eigenvalue weighted by atomic mass is 19.4. The molecule has 120 valence electrons. The Bertz CT molecular complexity index is 557. The minimum Gasteiger partial charge on any atom is -0.468 e. The number of nitrogens with one attached hydrogen (secondary N) is 1. The van der Waals surface area contributed by atoms with E-state index in [1.165, 1.54) is 12.3 Å². The first kappa shape index (κ1) is 15.1.